The fourth-order valence-electron chi connectivity index (χ4n) is 2.73. The molecule has 0 radical (unpaired) electrons. The number of fused-ring (bicyclic) bond motifs is 1. The smallest absolute Gasteiger partial charge is 0.0994 e. The number of hydrogen-bond acceptors (Lipinski definition) is 3. The Balaban J connectivity index is 2.10. The third-order valence-electron chi connectivity index (χ3n) is 3.69. The van der Waals surface area contributed by atoms with Gasteiger partial charge in [-0.05, 0) is 24.5 Å². The summed E-state index contributed by atoms with van der Waals surface area (Å²) in [6.45, 7) is 4.37. The van der Waals surface area contributed by atoms with Crippen LogP contribution in [0.2, 0.25) is 0 Å². The first-order valence-corrected chi connectivity index (χ1v) is 7.27. The van der Waals surface area contributed by atoms with Gasteiger partial charge < -0.3 is 10.3 Å². The number of hydrogen-bond donors (Lipinski definition) is 1. The molecule has 3 rings (SSSR count). The second-order valence-corrected chi connectivity index (χ2v) is 5.80. The van der Waals surface area contributed by atoms with Gasteiger partial charge in [0.1, 0.15) is 0 Å². The first-order chi connectivity index (χ1) is 10.2. The van der Waals surface area contributed by atoms with Crippen LogP contribution in [-0.4, -0.2) is 14.5 Å². The zero-order valence-corrected chi connectivity index (χ0v) is 12.4. The first kappa shape index (κ1) is 13.8. The minimum absolute atomic E-state index is 0.00964. The van der Waals surface area contributed by atoms with Gasteiger partial charge in [0.2, 0.25) is 0 Å². The second-order valence-electron chi connectivity index (χ2n) is 5.80. The van der Waals surface area contributed by atoms with Crippen LogP contribution in [-0.2, 0) is 0 Å². The molecular formula is C17H20N4. The van der Waals surface area contributed by atoms with Gasteiger partial charge in [-0.25, -0.2) is 4.98 Å². The van der Waals surface area contributed by atoms with Crippen LogP contribution in [0.5, 0.6) is 0 Å². The number of imidazole rings is 1. The van der Waals surface area contributed by atoms with Gasteiger partial charge in [-0.1, -0.05) is 26.0 Å². The fourth-order valence-corrected chi connectivity index (χ4v) is 2.73. The van der Waals surface area contributed by atoms with Crippen LogP contribution in [0.3, 0.4) is 0 Å². The number of nitrogens with zero attached hydrogens (tertiary/aromatic N) is 3. The fraction of sp³-hybridized carbons (Fsp3) is 0.294. The van der Waals surface area contributed by atoms with E-state index in [1.165, 1.54) is 0 Å². The molecule has 2 aromatic heterocycles. The van der Waals surface area contributed by atoms with Gasteiger partial charge in [0.25, 0.3) is 0 Å². The van der Waals surface area contributed by atoms with E-state index in [-0.39, 0.29) is 6.04 Å². The van der Waals surface area contributed by atoms with Gasteiger partial charge in [-0.15, -0.1) is 0 Å². The van der Waals surface area contributed by atoms with E-state index in [0.29, 0.717) is 5.92 Å². The molecule has 0 saturated heterocycles. The molecule has 21 heavy (non-hydrogen) atoms. The Morgan fingerprint density at radius 3 is 2.81 bits per heavy atom. The molecule has 0 bridgehead atoms. The van der Waals surface area contributed by atoms with Crippen LogP contribution in [0.4, 0.5) is 0 Å². The molecule has 4 heteroatoms. The van der Waals surface area contributed by atoms with Gasteiger partial charge in [0, 0.05) is 29.2 Å². The van der Waals surface area contributed by atoms with Gasteiger partial charge in [0.05, 0.1) is 23.9 Å². The Morgan fingerprint density at radius 2 is 2.00 bits per heavy atom. The summed E-state index contributed by atoms with van der Waals surface area (Å²) in [6, 6.07) is 8.22. The Morgan fingerprint density at radius 1 is 1.14 bits per heavy atom. The van der Waals surface area contributed by atoms with E-state index >= 15 is 0 Å². The van der Waals surface area contributed by atoms with Crippen LogP contribution in [0, 0.1) is 5.92 Å². The Bertz CT molecular complexity index is 740. The highest BCUT2D eigenvalue weighted by Gasteiger charge is 2.15. The normalized spacial score (nSPS) is 13.0. The lowest BCUT2D eigenvalue weighted by atomic mass is 10.0. The third-order valence-corrected chi connectivity index (χ3v) is 3.69. The highest BCUT2D eigenvalue weighted by atomic mass is 15.1. The molecule has 1 aromatic carbocycles. The Labute approximate surface area is 124 Å². The quantitative estimate of drug-likeness (QED) is 0.796. The largest absolute Gasteiger partial charge is 0.323 e. The van der Waals surface area contributed by atoms with Crippen LogP contribution in [0.1, 0.15) is 32.0 Å². The molecule has 2 heterocycles. The average molecular weight is 280 g/mol. The molecule has 2 N–H and O–H groups in total. The maximum atomic E-state index is 6.35. The summed E-state index contributed by atoms with van der Waals surface area (Å²) in [6.07, 6.45) is 8.34. The molecule has 0 spiro atoms. The predicted molar refractivity (Wildman–Crippen MR) is 85.2 cm³/mol. The SMILES string of the molecule is CC(C)CC(N)c1cncn1-c1cccc2cnccc12. The zero-order chi connectivity index (χ0) is 14.8. The third kappa shape index (κ3) is 2.67. The van der Waals surface area contributed by atoms with E-state index in [9.17, 15) is 0 Å². The number of nitrogens with two attached hydrogens (primary N) is 1. The van der Waals surface area contributed by atoms with Crippen molar-refractivity contribution in [3.05, 3.63) is 54.9 Å². The lowest BCUT2D eigenvalue weighted by molar-refractivity contribution is 0.498. The van der Waals surface area contributed by atoms with Crippen molar-refractivity contribution in [2.45, 2.75) is 26.3 Å². The molecule has 108 valence electrons. The van der Waals surface area contributed by atoms with Crippen LogP contribution >= 0.6 is 0 Å². The van der Waals surface area contributed by atoms with Crippen molar-refractivity contribution in [1.82, 2.24) is 14.5 Å². The van der Waals surface area contributed by atoms with Crippen molar-refractivity contribution in [1.29, 1.82) is 0 Å². The van der Waals surface area contributed by atoms with Gasteiger partial charge in [-0.2, -0.15) is 0 Å². The van der Waals surface area contributed by atoms with E-state index in [1.54, 1.807) is 0 Å². The van der Waals surface area contributed by atoms with Crippen LogP contribution in [0.15, 0.2) is 49.2 Å². The number of rotatable bonds is 4. The van der Waals surface area contributed by atoms with Crippen molar-refractivity contribution < 1.29 is 0 Å². The molecule has 0 saturated carbocycles. The highest BCUT2D eigenvalue weighted by Crippen LogP contribution is 2.26. The summed E-state index contributed by atoms with van der Waals surface area (Å²) in [4.78, 5) is 8.48. The summed E-state index contributed by atoms with van der Waals surface area (Å²) in [5, 5.41) is 2.27. The monoisotopic (exact) mass is 280 g/mol. The Kier molecular flexibility index (Phi) is 3.71. The summed E-state index contributed by atoms with van der Waals surface area (Å²) >= 11 is 0. The van der Waals surface area contributed by atoms with Crippen molar-refractivity contribution in [3.8, 4) is 5.69 Å². The first-order valence-electron chi connectivity index (χ1n) is 7.27. The zero-order valence-electron chi connectivity index (χ0n) is 12.4. The number of aromatic nitrogens is 3. The number of benzene rings is 1. The highest BCUT2D eigenvalue weighted by molar-refractivity contribution is 5.89. The molecule has 1 unspecified atom stereocenters. The minimum Gasteiger partial charge on any atom is -0.323 e. The number of pyridine rings is 1. The average Bonchev–Trinajstić information content (AvgIpc) is 2.95. The van der Waals surface area contributed by atoms with Gasteiger partial charge >= 0.3 is 0 Å². The molecular weight excluding hydrogens is 260 g/mol. The van der Waals surface area contributed by atoms with Gasteiger partial charge in [0.15, 0.2) is 0 Å². The van der Waals surface area contributed by atoms with Crippen LogP contribution in [0.25, 0.3) is 16.5 Å². The standard InChI is InChI=1S/C17H20N4/c1-12(2)8-15(18)17-10-20-11-21(17)16-5-3-4-13-9-19-7-6-14(13)16/h3-7,9-12,15H,8,18H2,1-2H3. The molecule has 3 aromatic rings. The summed E-state index contributed by atoms with van der Waals surface area (Å²) in [5.74, 6) is 0.556. The molecule has 0 aliphatic carbocycles. The summed E-state index contributed by atoms with van der Waals surface area (Å²) in [5.41, 5.74) is 8.50. The van der Waals surface area contributed by atoms with Crippen molar-refractivity contribution >= 4 is 10.8 Å². The molecule has 1 atom stereocenters. The van der Waals surface area contributed by atoms with E-state index in [1.807, 2.05) is 37.1 Å². The molecule has 0 aliphatic rings. The maximum Gasteiger partial charge on any atom is 0.0994 e. The lowest BCUT2D eigenvalue weighted by Crippen LogP contribution is -2.16. The second kappa shape index (κ2) is 5.66. The molecule has 0 amide bonds. The van der Waals surface area contributed by atoms with Crippen LogP contribution < -0.4 is 5.73 Å². The van der Waals surface area contributed by atoms with Gasteiger partial charge in [-0.3, -0.25) is 4.98 Å². The minimum atomic E-state index is -0.00964. The topological polar surface area (TPSA) is 56.7 Å². The molecule has 4 nitrogen and oxygen atoms in total. The van der Waals surface area contributed by atoms with Crippen molar-refractivity contribution in [2.75, 3.05) is 0 Å². The van der Waals surface area contributed by atoms with E-state index < -0.39 is 0 Å². The maximum absolute atomic E-state index is 6.35. The van der Waals surface area contributed by atoms with Crippen molar-refractivity contribution in [2.24, 2.45) is 11.7 Å². The van der Waals surface area contributed by atoms with Crippen molar-refractivity contribution in [3.63, 3.8) is 0 Å². The van der Waals surface area contributed by atoms with E-state index in [0.717, 1.165) is 28.6 Å². The lowest BCUT2D eigenvalue weighted by Gasteiger charge is -2.17. The van der Waals surface area contributed by atoms with E-state index in [4.69, 9.17) is 5.73 Å². The summed E-state index contributed by atoms with van der Waals surface area (Å²) < 4.78 is 2.09. The summed E-state index contributed by atoms with van der Waals surface area (Å²) in [7, 11) is 0. The Hall–Kier alpha value is -2.20. The predicted octanol–water partition coefficient (Wildman–Crippen LogP) is 3.47. The molecule has 0 fully saturated rings. The molecule has 0 aliphatic heterocycles. The van der Waals surface area contributed by atoms with E-state index in [2.05, 4.69) is 40.5 Å².